The number of hydrogen-bond donors (Lipinski definition) is 1. The molecule has 0 atom stereocenters. The summed E-state index contributed by atoms with van der Waals surface area (Å²) in [5, 5.41) is 1.10. The second-order valence-corrected chi connectivity index (χ2v) is 5.56. The molecule has 1 aromatic carbocycles. The molecule has 0 fully saturated rings. The van der Waals surface area contributed by atoms with E-state index in [4.69, 9.17) is 0 Å². The lowest BCUT2D eigenvalue weighted by atomic mass is 10.1. The van der Waals surface area contributed by atoms with Crippen molar-refractivity contribution in [2.24, 2.45) is 0 Å². The quantitative estimate of drug-likeness (QED) is 0.604. The van der Waals surface area contributed by atoms with Crippen LogP contribution in [0.1, 0.15) is 17.7 Å². The van der Waals surface area contributed by atoms with E-state index in [2.05, 4.69) is 19.5 Å². The Hall–Kier alpha value is -3.02. The van der Waals surface area contributed by atoms with Gasteiger partial charge in [-0.2, -0.15) is 0 Å². The molecule has 120 valence electrons. The molecule has 0 aliphatic rings. The van der Waals surface area contributed by atoms with Gasteiger partial charge in [0, 0.05) is 36.1 Å². The highest BCUT2D eigenvalue weighted by molar-refractivity contribution is 5.78. The predicted octanol–water partition coefficient (Wildman–Crippen LogP) is 4.41. The molecule has 0 spiro atoms. The van der Waals surface area contributed by atoms with Gasteiger partial charge in [0.1, 0.15) is 11.5 Å². The minimum Gasteiger partial charge on any atom is -0.343 e. The largest absolute Gasteiger partial charge is 0.343 e. The van der Waals surface area contributed by atoms with Crippen molar-refractivity contribution in [2.45, 2.75) is 13.0 Å². The van der Waals surface area contributed by atoms with E-state index in [1.165, 1.54) is 6.20 Å². The second-order valence-electron chi connectivity index (χ2n) is 5.56. The molecule has 4 aromatic rings. The number of hydrogen-bond acceptors (Lipinski definition) is 2. The number of nitrogens with one attached hydrogen (secondary N) is 1. The van der Waals surface area contributed by atoms with Crippen LogP contribution in [0.3, 0.4) is 0 Å². The van der Waals surface area contributed by atoms with Gasteiger partial charge in [0.15, 0.2) is 0 Å². The summed E-state index contributed by atoms with van der Waals surface area (Å²) in [6.45, 7) is 0.730. The van der Waals surface area contributed by atoms with Crippen LogP contribution in [-0.4, -0.2) is 19.5 Å². The zero-order valence-corrected chi connectivity index (χ0v) is 12.7. The molecular formula is C18H14F2N4. The minimum absolute atomic E-state index is 0.165. The molecule has 0 amide bonds. The van der Waals surface area contributed by atoms with Gasteiger partial charge in [-0.3, -0.25) is 4.98 Å². The van der Waals surface area contributed by atoms with E-state index in [-0.39, 0.29) is 5.69 Å². The maximum atomic E-state index is 12.6. The summed E-state index contributed by atoms with van der Waals surface area (Å²) in [5.41, 5.74) is 2.86. The van der Waals surface area contributed by atoms with Crippen molar-refractivity contribution in [1.29, 1.82) is 0 Å². The van der Waals surface area contributed by atoms with Crippen LogP contribution >= 0.6 is 0 Å². The lowest BCUT2D eigenvalue weighted by molar-refractivity contribution is 0.146. The van der Waals surface area contributed by atoms with Crippen molar-refractivity contribution in [2.75, 3.05) is 0 Å². The maximum Gasteiger partial charge on any atom is 0.279 e. The first kappa shape index (κ1) is 14.6. The van der Waals surface area contributed by atoms with Gasteiger partial charge in [0.05, 0.1) is 11.7 Å². The SMILES string of the molecule is FC(F)c1cnc(-c2ccc(Cn3ccc4cnccc43)cc2)[nH]1. The number of rotatable bonds is 4. The molecule has 4 nitrogen and oxygen atoms in total. The number of alkyl halides is 2. The zero-order chi connectivity index (χ0) is 16.5. The minimum atomic E-state index is -2.54. The fraction of sp³-hybridized carbons (Fsp3) is 0.111. The first-order chi connectivity index (χ1) is 11.7. The highest BCUT2D eigenvalue weighted by Crippen LogP contribution is 2.22. The molecule has 0 unspecified atom stereocenters. The van der Waals surface area contributed by atoms with Crippen molar-refractivity contribution in [3.8, 4) is 11.4 Å². The number of nitrogens with zero attached hydrogens (tertiary/aromatic N) is 3. The lowest BCUT2D eigenvalue weighted by Crippen LogP contribution is -1.97. The van der Waals surface area contributed by atoms with Crippen LogP contribution < -0.4 is 0 Å². The van der Waals surface area contributed by atoms with Gasteiger partial charge in [-0.05, 0) is 17.7 Å². The third kappa shape index (κ3) is 2.67. The molecule has 0 aliphatic heterocycles. The third-order valence-electron chi connectivity index (χ3n) is 3.98. The fourth-order valence-electron chi connectivity index (χ4n) is 2.74. The van der Waals surface area contributed by atoms with Gasteiger partial charge in [0.25, 0.3) is 6.43 Å². The van der Waals surface area contributed by atoms with E-state index in [9.17, 15) is 8.78 Å². The van der Waals surface area contributed by atoms with Crippen molar-refractivity contribution in [3.63, 3.8) is 0 Å². The van der Waals surface area contributed by atoms with Crippen LogP contribution in [0.25, 0.3) is 22.3 Å². The van der Waals surface area contributed by atoms with Crippen molar-refractivity contribution in [1.82, 2.24) is 19.5 Å². The summed E-state index contributed by atoms with van der Waals surface area (Å²) in [5.74, 6) is 0.453. The third-order valence-corrected chi connectivity index (χ3v) is 3.98. The van der Waals surface area contributed by atoms with Gasteiger partial charge in [-0.1, -0.05) is 24.3 Å². The first-order valence-electron chi connectivity index (χ1n) is 7.52. The Morgan fingerprint density at radius 1 is 1.04 bits per heavy atom. The number of H-pyrrole nitrogens is 1. The van der Waals surface area contributed by atoms with E-state index in [0.717, 1.165) is 28.6 Å². The molecule has 0 bridgehead atoms. The van der Waals surface area contributed by atoms with Gasteiger partial charge in [0.2, 0.25) is 0 Å². The highest BCUT2D eigenvalue weighted by Gasteiger charge is 2.11. The number of halogens is 2. The molecule has 6 heteroatoms. The summed E-state index contributed by atoms with van der Waals surface area (Å²) in [6, 6.07) is 11.7. The molecule has 0 radical (unpaired) electrons. The monoisotopic (exact) mass is 324 g/mol. The van der Waals surface area contributed by atoms with Crippen LogP contribution in [0, 0.1) is 0 Å². The Morgan fingerprint density at radius 3 is 2.62 bits per heavy atom. The Balaban J connectivity index is 1.57. The average Bonchev–Trinajstić information content (AvgIpc) is 3.24. The molecule has 0 aliphatic carbocycles. The fourth-order valence-corrected chi connectivity index (χ4v) is 2.74. The van der Waals surface area contributed by atoms with E-state index in [1.807, 2.05) is 48.8 Å². The number of imidazole rings is 1. The zero-order valence-electron chi connectivity index (χ0n) is 12.7. The molecule has 0 saturated heterocycles. The Labute approximate surface area is 136 Å². The highest BCUT2D eigenvalue weighted by atomic mass is 19.3. The normalized spacial score (nSPS) is 11.5. The number of fused-ring (bicyclic) bond motifs is 1. The Morgan fingerprint density at radius 2 is 1.88 bits per heavy atom. The topological polar surface area (TPSA) is 46.5 Å². The van der Waals surface area contributed by atoms with Crippen LogP contribution in [-0.2, 0) is 6.54 Å². The van der Waals surface area contributed by atoms with Crippen LogP contribution in [0.2, 0.25) is 0 Å². The van der Waals surface area contributed by atoms with Crippen molar-refractivity contribution < 1.29 is 8.78 Å². The maximum absolute atomic E-state index is 12.6. The van der Waals surface area contributed by atoms with E-state index in [0.29, 0.717) is 5.82 Å². The van der Waals surface area contributed by atoms with Crippen LogP contribution in [0.5, 0.6) is 0 Å². The molecular weight excluding hydrogens is 310 g/mol. The summed E-state index contributed by atoms with van der Waals surface area (Å²) in [4.78, 5) is 10.8. The van der Waals surface area contributed by atoms with Gasteiger partial charge in [-0.25, -0.2) is 13.8 Å². The van der Waals surface area contributed by atoms with E-state index < -0.39 is 6.43 Å². The summed E-state index contributed by atoms with van der Waals surface area (Å²) in [7, 11) is 0. The van der Waals surface area contributed by atoms with Crippen molar-refractivity contribution in [3.05, 3.63) is 72.4 Å². The van der Waals surface area contributed by atoms with E-state index in [1.54, 1.807) is 6.20 Å². The summed E-state index contributed by atoms with van der Waals surface area (Å²) < 4.78 is 27.4. The van der Waals surface area contributed by atoms with Crippen LogP contribution in [0.15, 0.2) is 61.2 Å². The second kappa shape index (κ2) is 5.88. The summed E-state index contributed by atoms with van der Waals surface area (Å²) in [6.07, 6.45) is 4.28. The van der Waals surface area contributed by atoms with Gasteiger partial charge < -0.3 is 9.55 Å². The Bertz CT molecular complexity index is 970. The molecule has 1 N–H and O–H groups in total. The predicted molar refractivity (Wildman–Crippen MR) is 87.8 cm³/mol. The molecule has 4 rings (SSSR count). The van der Waals surface area contributed by atoms with Crippen molar-refractivity contribution >= 4 is 10.9 Å². The lowest BCUT2D eigenvalue weighted by Gasteiger charge is -2.06. The Kier molecular flexibility index (Phi) is 3.57. The van der Waals surface area contributed by atoms with Crippen LogP contribution in [0.4, 0.5) is 8.78 Å². The number of pyridine rings is 1. The number of aromatic amines is 1. The molecule has 3 heterocycles. The standard InChI is InChI=1S/C18H14F2N4/c19-17(20)15-10-22-18(23-15)13-3-1-12(2-4-13)11-24-8-6-14-9-21-7-5-16(14)24/h1-10,17H,11H2,(H,22,23). The molecule has 3 aromatic heterocycles. The number of aromatic nitrogens is 4. The molecule has 0 saturated carbocycles. The van der Waals surface area contributed by atoms with Gasteiger partial charge in [-0.15, -0.1) is 0 Å². The smallest absolute Gasteiger partial charge is 0.279 e. The van der Waals surface area contributed by atoms with E-state index >= 15 is 0 Å². The van der Waals surface area contributed by atoms with Gasteiger partial charge >= 0.3 is 0 Å². The number of benzene rings is 1. The molecule has 24 heavy (non-hydrogen) atoms. The summed E-state index contributed by atoms with van der Waals surface area (Å²) >= 11 is 0. The first-order valence-corrected chi connectivity index (χ1v) is 7.52. The average molecular weight is 324 g/mol.